The molecule has 0 bridgehead atoms. The molecule has 7 nitrogen and oxygen atoms in total. The van der Waals surface area contributed by atoms with Gasteiger partial charge in [0.2, 0.25) is 5.95 Å². The Morgan fingerprint density at radius 1 is 1.29 bits per heavy atom. The monoisotopic (exact) mass is 384 g/mol. The Hall–Kier alpha value is -2.57. The highest BCUT2D eigenvalue weighted by atomic mass is 16.6. The highest BCUT2D eigenvalue weighted by Gasteiger charge is 2.56. The van der Waals surface area contributed by atoms with Crippen molar-refractivity contribution in [1.29, 1.82) is 0 Å². The number of aromatic nitrogens is 2. The van der Waals surface area contributed by atoms with Gasteiger partial charge in [0.1, 0.15) is 11.4 Å². The van der Waals surface area contributed by atoms with Crippen molar-refractivity contribution >= 4 is 22.9 Å². The van der Waals surface area contributed by atoms with E-state index in [1.807, 2.05) is 50.8 Å². The number of methoxy groups -OCH3 is 1. The van der Waals surface area contributed by atoms with Gasteiger partial charge < -0.3 is 19.7 Å². The lowest BCUT2D eigenvalue weighted by atomic mass is 10.0. The Balaban J connectivity index is 1.53. The van der Waals surface area contributed by atoms with E-state index < -0.39 is 5.60 Å². The average Bonchev–Trinajstić information content (AvgIpc) is 3.30. The number of anilines is 1. The number of rotatable bonds is 3. The molecule has 1 unspecified atom stereocenters. The molecule has 2 aromatic rings. The van der Waals surface area contributed by atoms with Crippen molar-refractivity contribution in [3.05, 3.63) is 23.9 Å². The van der Waals surface area contributed by atoms with Gasteiger partial charge in [0.15, 0.2) is 0 Å². The molecule has 28 heavy (non-hydrogen) atoms. The number of hydrogen-bond donors (Lipinski definition) is 1. The maximum Gasteiger partial charge on any atom is 0.410 e. The van der Waals surface area contributed by atoms with Crippen LogP contribution in [0.1, 0.15) is 39.3 Å². The number of aryl methyl sites for hydroxylation is 1. The van der Waals surface area contributed by atoms with Crippen molar-refractivity contribution < 1.29 is 14.3 Å². The van der Waals surface area contributed by atoms with Gasteiger partial charge >= 0.3 is 6.09 Å². The molecule has 1 saturated carbocycles. The molecule has 1 aromatic carbocycles. The van der Waals surface area contributed by atoms with Gasteiger partial charge in [0.05, 0.1) is 24.4 Å². The van der Waals surface area contributed by atoms with Crippen molar-refractivity contribution in [3.8, 4) is 5.75 Å². The van der Waals surface area contributed by atoms with E-state index in [9.17, 15) is 4.79 Å². The minimum atomic E-state index is -0.487. The minimum Gasteiger partial charge on any atom is -0.497 e. The molecule has 2 fully saturated rings. The van der Waals surface area contributed by atoms with Crippen LogP contribution >= 0.6 is 0 Å². The summed E-state index contributed by atoms with van der Waals surface area (Å²) in [5.41, 5.74) is 1.41. The lowest BCUT2D eigenvalue weighted by Gasteiger charge is -2.24. The zero-order valence-corrected chi connectivity index (χ0v) is 17.2. The lowest BCUT2D eigenvalue weighted by Crippen LogP contribution is -2.36. The number of ether oxygens (including phenoxy) is 2. The summed E-state index contributed by atoms with van der Waals surface area (Å²) in [4.78, 5) is 23.6. The Morgan fingerprint density at radius 2 is 2.04 bits per heavy atom. The smallest absolute Gasteiger partial charge is 0.410 e. The molecule has 1 aliphatic heterocycles. The summed E-state index contributed by atoms with van der Waals surface area (Å²) in [5.74, 6) is 1.40. The Kier molecular flexibility index (Phi) is 4.36. The molecule has 1 amide bonds. The summed E-state index contributed by atoms with van der Waals surface area (Å²) >= 11 is 0. The van der Waals surface area contributed by atoms with Crippen LogP contribution in [0.25, 0.3) is 10.9 Å². The van der Waals surface area contributed by atoms with Crippen LogP contribution in [0.5, 0.6) is 5.75 Å². The topological polar surface area (TPSA) is 76.6 Å². The molecule has 150 valence electrons. The fourth-order valence-corrected chi connectivity index (χ4v) is 3.91. The molecule has 7 heteroatoms. The first kappa shape index (κ1) is 18.8. The summed E-state index contributed by atoms with van der Waals surface area (Å²) in [6.07, 6.45) is 1.97. The fourth-order valence-electron chi connectivity index (χ4n) is 3.91. The van der Waals surface area contributed by atoms with E-state index in [4.69, 9.17) is 9.47 Å². The molecule has 1 saturated heterocycles. The first-order chi connectivity index (χ1) is 13.2. The van der Waals surface area contributed by atoms with E-state index in [0.29, 0.717) is 12.5 Å². The van der Waals surface area contributed by atoms with E-state index in [1.165, 1.54) is 0 Å². The largest absolute Gasteiger partial charge is 0.497 e. The van der Waals surface area contributed by atoms with Gasteiger partial charge in [-0.1, -0.05) is 0 Å². The van der Waals surface area contributed by atoms with Gasteiger partial charge in [-0.25, -0.2) is 14.8 Å². The SMILES string of the molecule is COc1ccc2nc(NC3CN(C(=O)OC(C)(C)C)CC34CC4)nc(C)c2c1. The number of nitrogens with zero attached hydrogens (tertiary/aromatic N) is 3. The second-order valence-electron chi connectivity index (χ2n) is 8.94. The predicted octanol–water partition coefficient (Wildman–Crippen LogP) is 3.76. The van der Waals surface area contributed by atoms with Crippen molar-refractivity contribution in [1.82, 2.24) is 14.9 Å². The quantitative estimate of drug-likeness (QED) is 0.868. The summed E-state index contributed by atoms with van der Waals surface area (Å²) in [7, 11) is 1.65. The summed E-state index contributed by atoms with van der Waals surface area (Å²) in [5, 5.41) is 4.48. The summed E-state index contributed by atoms with van der Waals surface area (Å²) in [6.45, 7) is 8.99. The van der Waals surface area contributed by atoms with E-state index in [2.05, 4.69) is 15.3 Å². The first-order valence-corrected chi connectivity index (χ1v) is 9.76. The van der Waals surface area contributed by atoms with E-state index in [1.54, 1.807) is 7.11 Å². The lowest BCUT2D eigenvalue weighted by molar-refractivity contribution is 0.0285. The molecular formula is C21H28N4O3. The Bertz CT molecular complexity index is 918. The number of carbonyl (C=O) groups is 1. The van der Waals surface area contributed by atoms with Crippen molar-refractivity contribution in [2.24, 2.45) is 5.41 Å². The number of amides is 1. The molecule has 0 radical (unpaired) electrons. The van der Waals surface area contributed by atoms with Gasteiger partial charge in [0.25, 0.3) is 0 Å². The Morgan fingerprint density at radius 3 is 2.68 bits per heavy atom. The highest BCUT2D eigenvalue weighted by Crippen LogP contribution is 2.53. The molecule has 1 atom stereocenters. The molecule has 1 N–H and O–H groups in total. The highest BCUT2D eigenvalue weighted by molar-refractivity contribution is 5.83. The van der Waals surface area contributed by atoms with Crippen LogP contribution in [0.15, 0.2) is 18.2 Å². The third-order valence-electron chi connectivity index (χ3n) is 5.59. The molecule has 2 aliphatic rings. The number of fused-ring (bicyclic) bond motifs is 1. The van der Waals surface area contributed by atoms with Gasteiger partial charge in [-0.15, -0.1) is 0 Å². The van der Waals surface area contributed by atoms with Crippen LogP contribution in [0, 0.1) is 12.3 Å². The number of carbonyl (C=O) groups excluding carboxylic acids is 1. The third-order valence-corrected chi connectivity index (χ3v) is 5.59. The maximum atomic E-state index is 12.5. The molecule has 1 aromatic heterocycles. The summed E-state index contributed by atoms with van der Waals surface area (Å²) in [6, 6.07) is 5.94. The molecular weight excluding hydrogens is 356 g/mol. The van der Waals surface area contributed by atoms with Crippen LogP contribution in [0.3, 0.4) is 0 Å². The van der Waals surface area contributed by atoms with E-state index in [-0.39, 0.29) is 17.6 Å². The van der Waals surface area contributed by atoms with E-state index >= 15 is 0 Å². The number of nitrogens with one attached hydrogen (secondary N) is 1. The van der Waals surface area contributed by atoms with Crippen LogP contribution in [0.4, 0.5) is 10.7 Å². The molecule has 4 rings (SSSR count). The minimum absolute atomic E-state index is 0.114. The predicted molar refractivity (Wildman–Crippen MR) is 108 cm³/mol. The molecule has 1 aliphatic carbocycles. The summed E-state index contributed by atoms with van der Waals surface area (Å²) < 4.78 is 10.9. The zero-order valence-electron chi connectivity index (χ0n) is 17.2. The Labute approximate surface area is 165 Å². The standard InChI is InChI=1S/C21H28N4O3/c1-13-15-10-14(27-5)6-7-16(15)23-18(22-13)24-17-11-25(12-21(17)8-9-21)19(26)28-20(2,3)4/h6-7,10,17H,8-9,11-12H2,1-5H3,(H,22,23,24). The maximum absolute atomic E-state index is 12.5. The van der Waals surface area contributed by atoms with Gasteiger partial charge in [-0.2, -0.15) is 0 Å². The number of hydrogen-bond acceptors (Lipinski definition) is 6. The number of benzene rings is 1. The van der Waals surface area contributed by atoms with Crippen LogP contribution in [-0.2, 0) is 4.74 Å². The molecule has 1 spiro atoms. The first-order valence-electron chi connectivity index (χ1n) is 9.76. The average molecular weight is 384 g/mol. The normalized spacial score (nSPS) is 20.5. The van der Waals surface area contributed by atoms with Gasteiger partial charge in [-0.3, -0.25) is 0 Å². The fraction of sp³-hybridized carbons (Fsp3) is 0.571. The van der Waals surface area contributed by atoms with Crippen LogP contribution in [0.2, 0.25) is 0 Å². The van der Waals surface area contributed by atoms with Crippen molar-refractivity contribution in [2.45, 2.75) is 52.2 Å². The van der Waals surface area contributed by atoms with Crippen LogP contribution in [-0.4, -0.2) is 52.8 Å². The third kappa shape index (κ3) is 3.57. The van der Waals surface area contributed by atoms with E-state index in [0.717, 1.165) is 41.7 Å². The van der Waals surface area contributed by atoms with Crippen LogP contribution < -0.4 is 10.1 Å². The second kappa shape index (κ2) is 6.50. The van der Waals surface area contributed by atoms with Crippen molar-refractivity contribution in [2.75, 3.05) is 25.5 Å². The molecule has 2 heterocycles. The zero-order chi connectivity index (χ0) is 20.1. The second-order valence-corrected chi connectivity index (χ2v) is 8.94. The van der Waals surface area contributed by atoms with Crippen molar-refractivity contribution in [3.63, 3.8) is 0 Å². The van der Waals surface area contributed by atoms with Gasteiger partial charge in [-0.05, 0) is 58.7 Å². The number of likely N-dealkylation sites (tertiary alicyclic amines) is 1. The van der Waals surface area contributed by atoms with Gasteiger partial charge in [0, 0.05) is 23.9 Å².